The van der Waals surface area contributed by atoms with Gasteiger partial charge in [-0.15, -0.1) is 0 Å². The summed E-state index contributed by atoms with van der Waals surface area (Å²) in [6.45, 7) is 1.37. The molecule has 2 atom stereocenters. The molecule has 2 heteroatoms. The van der Waals surface area contributed by atoms with E-state index in [-0.39, 0.29) is 0 Å². The van der Waals surface area contributed by atoms with Crippen LogP contribution < -0.4 is 5.73 Å². The normalized spacial score (nSPS) is 38.8. The maximum absolute atomic E-state index is 6.20. The highest BCUT2D eigenvalue weighted by atomic mass is 15.2. The fourth-order valence-electron chi connectivity index (χ4n) is 4.69. The maximum atomic E-state index is 6.20. The molecule has 104 valence electrons. The molecular weight excluding hydrogens is 220 g/mol. The van der Waals surface area contributed by atoms with Crippen molar-refractivity contribution < 1.29 is 0 Å². The molecule has 2 unspecified atom stereocenters. The van der Waals surface area contributed by atoms with Crippen molar-refractivity contribution in [2.45, 2.75) is 88.8 Å². The fraction of sp³-hybridized carbons (Fsp3) is 1.00. The summed E-state index contributed by atoms with van der Waals surface area (Å²) in [5, 5.41) is 0. The van der Waals surface area contributed by atoms with Crippen LogP contribution in [-0.4, -0.2) is 29.6 Å². The second-order valence-corrected chi connectivity index (χ2v) is 7.00. The summed E-state index contributed by atoms with van der Waals surface area (Å²) in [5.74, 6) is 1.04. The van der Waals surface area contributed by atoms with Gasteiger partial charge in [-0.2, -0.15) is 0 Å². The molecule has 2 heterocycles. The molecule has 0 radical (unpaired) electrons. The van der Waals surface area contributed by atoms with E-state index >= 15 is 0 Å². The minimum absolute atomic E-state index is 0.492. The molecule has 0 aromatic carbocycles. The van der Waals surface area contributed by atoms with Gasteiger partial charge in [0.25, 0.3) is 0 Å². The Hall–Kier alpha value is -0.0800. The van der Waals surface area contributed by atoms with Crippen molar-refractivity contribution in [2.75, 3.05) is 6.54 Å². The van der Waals surface area contributed by atoms with Crippen LogP contribution in [0.1, 0.15) is 70.6 Å². The standard InChI is InChI=1S/C16H30N2/c17-14-11-15-7-4-8-16(12-14)18(15)10-9-13-5-2-1-3-6-13/h13-16H,1-12,17H2. The average molecular weight is 250 g/mol. The van der Waals surface area contributed by atoms with E-state index in [1.165, 1.54) is 77.2 Å². The van der Waals surface area contributed by atoms with Crippen molar-refractivity contribution >= 4 is 0 Å². The number of nitrogens with zero attached hydrogens (tertiary/aromatic N) is 1. The lowest BCUT2D eigenvalue weighted by Gasteiger charge is -2.48. The van der Waals surface area contributed by atoms with Crippen LogP contribution in [0.5, 0.6) is 0 Å². The van der Waals surface area contributed by atoms with E-state index in [0.717, 1.165) is 18.0 Å². The summed E-state index contributed by atoms with van der Waals surface area (Å²) in [5.41, 5.74) is 6.20. The highest BCUT2D eigenvalue weighted by Gasteiger charge is 2.36. The molecular formula is C16H30N2. The van der Waals surface area contributed by atoms with E-state index in [1.54, 1.807) is 0 Å². The van der Waals surface area contributed by atoms with Crippen LogP contribution in [-0.2, 0) is 0 Å². The summed E-state index contributed by atoms with van der Waals surface area (Å²) in [6.07, 6.45) is 15.7. The second kappa shape index (κ2) is 5.92. The predicted octanol–water partition coefficient (Wildman–Crippen LogP) is 3.30. The average Bonchev–Trinajstić information content (AvgIpc) is 2.37. The lowest BCUT2D eigenvalue weighted by atomic mass is 9.81. The lowest BCUT2D eigenvalue weighted by molar-refractivity contribution is 0.0257. The summed E-state index contributed by atoms with van der Waals surface area (Å²) in [6, 6.07) is 2.15. The second-order valence-electron chi connectivity index (χ2n) is 7.00. The van der Waals surface area contributed by atoms with Gasteiger partial charge in [-0.25, -0.2) is 0 Å². The van der Waals surface area contributed by atoms with Crippen LogP contribution in [0, 0.1) is 5.92 Å². The molecule has 0 spiro atoms. The van der Waals surface area contributed by atoms with Crippen molar-refractivity contribution in [1.82, 2.24) is 4.90 Å². The maximum Gasteiger partial charge on any atom is 0.0113 e. The quantitative estimate of drug-likeness (QED) is 0.832. The SMILES string of the molecule is NC1CC2CCCC(C1)N2CCC1CCCCC1. The third-order valence-corrected chi connectivity index (χ3v) is 5.68. The van der Waals surface area contributed by atoms with Crippen molar-refractivity contribution in [1.29, 1.82) is 0 Å². The van der Waals surface area contributed by atoms with Crippen LogP contribution in [0.3, 0.4) is 0 Å². The number of fused-ring (bicyclic) bond motifs is 2. The number of rotatable bonds is 3. The minimum Gasteiger partial charge on any atom is -0.328 e. The Balaban J connectivity index is 1.51. The molecule has 2 aliphatic heterocycles. The summed E-state index contributed by atoms with van der Waals surface area (Å²) in [4.78, 5) is 2.85. The smallest absolute Gasteiger partial charge is 0.0113 e. The van der Waals surface area contributed by atoms with Gasteiger partial charge in [0.2, 0.25) is 0 Å². The molecule has 1 aliphatic carbocycles. The number of hydrogen-bond donors (Lipinski definition) is 1. The van der Waals surface area contributed by atoms with Crippen molar-refractivity contribution in [2.24, 2.45) is 11.7 Å². The van der Waals surface area contributed by atoms with E-state index in [1.807, 2.05) is 0 Å². The molecule has 0 amide bonds. The van der Waals surface area contributed by atoms with Gasteiger partial charge >= 0.3 is 0 Å². The minimum atomic E-state index is 0.492. The van der Waals surface area contributed by atoms with E-state index in [4.69, 9.17) is 5.73 Å². The van der Waals surface area contributed by atoms with Gasteiger partial charge in [0.15, 0.2) is 0 Å². The molecule has 3 rings (SSSR count). The number of piperidine rings is 2. The molecule has 2 nitrogen and oxygen atoms in total. The van der Waals surface area contributed by atoms with Crippen LogP contribution >= 0.6 is 0 Å². The van der Waals surface area contributed by atoms with Crippen LogP contribution in [0.15, 0.2) is 0 Å². The van der Waals surface area contributed by atoms with E-state index in [0.29, 0.717) is 6.04 Å². The Labute approximate surface area is 112 Å². The van der Waals surface area contributed by atoms with Crippen molar-refractivity contribution in [3.8, 4) is 0 Å². The first-order valence-electron chi connectivity index (χ1n) is 8.34. The molecule has 0 aromatic rings. The summed E-state index contributed by atoms with van der Waals surface area (Å²) in [7, 11) is 0. The topological polar surface area (TPSA) is 29.3 Å². The van der Waals surface area contributed by atoms with Crippen molar-refractivity contribution in [3.63, 3.8) is 0 Å². The molecule has 2 saturated heterocycles. The van der Waals surface area contributed by atoms with Gasteiger partial charge in [-0.3, -0.25) is 4.90 Å². The monoisotopic (exact) mass is 250 g/mol. The van der Waals surface area contributed by atoms with Gasteiger partial charge in [-0.1, -0.05) is 38.5 Å². The number of hydrogen-bond acceptors (Lipinski definition) is 2. The molecule has 2 N–H and O–H groups in total. The van der Waals surface area contributed by atoms with Crippen molar-refractivity contribution in [3.05, 3.63) is 0 Å². The zero-order chi connectivity index (χ0) is 12.4. The first-order valence-corrected chi connectivity index (χ1v) is 8.34. The Morgan fingerprint density at radius 3 is 2.17 bits per heavy atom. The molecule has 2 bridgehead atoms. The van der Waals surface area contributed by atoms with E-state index in [2.05, 4.69) is 4.90 Å². The van der Waals surface area contributed by atoms with Gasteiger partial charge in [0.1, 0.15) is 0 Å². The van der Waals surface area contributed by atoms with Gasteiger partial charge in [0, 0.05) is 18.1 Å². The van der Waals surface area contributed by atoms with Crippen LogP contribution in [0.2, 0.25) is 0 Å². The molecule has 3 fully saturated rings. The lowest BCUT2D eigenvalue weighted by Crippen LogP contribution is -2.55. The molecule has 1 saturated carbocycles. The molecule has 18 heavy (non-hydrogen) atoms. The summed E-state index contributed by atoms with van der Waals surface area (Å²) < 4.78 is 0. The highest BCUT2D eigenvalue weighted by Crippen LogP contribution is 2.35. The Bertz CT molecular complexity index is 246. The largest absolute Gasteiger partial charge is 0.328 e. The number of nitrogens with two attached hydrogens (primary N) is 1. The van der Waals surface area contributed by atoms with Gasteiger partial charge in [0.05, 0.1) is 0 Å². The van der Waals surface area contributed by atoms with E-state index in [9.17, 15) is 0 Å². The predicted molar refractivity (Wildman–Crippen MR) is 76.5 cm³/mol. The molecule has 3 aliphatic rings. The van der Waals surface area contributed by atoms with Crippen LogP contribution in [0.4, 0.5) is 0 Å². The first kappa shape index (κ1) is 12.9. The van der Waals surface area contributed by atoms with Gasteiger partial charge in [-0.05, 0) is 44.6 Å². The molecule has 0 aromatic heterocycles. The third kappa shape index (κ3) is 2.91. The fourth-order valence-corrected chi connectivity index (χ4v) is 4.69. The zero-order valence-corrected chi connectivity index (χ0v) is 11.8. The Kier molecular flexibility index (Phi) is 4.25. The highest BCUT2D eigenvalue weighted by molar-refractivity contribution is 4.94. The summed E-state index contributed by atoms with van der Waals surface area (Å²) >= 11 is 0. The Morgan fingerprint density at radius 1 is 0.833 bits per heavy atom. The zero-order valence-electron chi connectivity index (χ0n) is 11.8. The van der Waals surface area contributed by atoms with Gasteiger partial charge < -0.3 is 5.73 Å². The Morgan fingerprint density at radius 2 is 1.50 bits per heavy atom. The van der Waals surface area contributed by atoms with Crippen LogP contribution in [0.25, 0.3) is 0 Å². The third-order valence-electron chi connectivity index (χ3n) is 5.68. The van der Waals surface area contributed by atoms with E-state index < -0.39 is 0 Å². The first-order chi connectivity index (χ1) is 8.83.